The summed E-state index contributed by atoms with van der Waals surface area (Å²) in [4.78, 5) is 26.5. The lowest BCUT2D eigenvalue weighted by atomic mass is 10.0. The molecule has 2 rings (SSSR count). The Bertz CT molecular complexity index is 641. The lowest BCUT2D eigenvalue weighted by Gasteiger charge is -2.18. The van der Waals surface area contributed by atoms with Crippen LogP contribution in [0.15, 0.2) is 18.2 Å². The van der Waals surface area contributed by atoms with E-state index >= 15 is 0 Å². The molecule has 0 fully saturated rings. The molecule has 1 unspecified atom stereocenters. The number of aryl methyl sites for hydroxylation is 1. The molecule has 0 radical (unpaired) electrons. The van der Waals surface area contributed by atoms with Crippen molar-refractivity contribution >= 4 is 17.5 Å². The predicted octanol–water partition coefficient (Wildman–Crippen LogP) is 5.69. The maximum Gasteiger partial charge on any atom is 0.254 e. The molecule has 0 bridgehead atoms. The van der Waals surface area contributed by atoms with Crippen LogP contribution in [0.25, 0.3) is 0 Å². The van der Waals surface area contributed by atoms with Crippen molar-refractivity contribution in [3.63, 3.8) is 0 Å². The normalized spacial score (nSPS) is 15.8. The molecule has 1 aliphatic heterocycles. The number of amides is 2. The number of carbonyl (C=O) groups excluding carboxylic acids is 2. The summed E-state index contributed by atoms with van der Waals surface area (Å²) in [5, 5.41) is 2.86. The Morgan fingerprint density at radius 2 is 1.61 bits per heavy atom. The zero-order valence-corrected chi connectivity index (χ0v) is 18.1. The average molecular weight is 387 g/mol. The summed E-state index contributed by atoms with van der Waals surface area (Å²) in [6.45, 7) is 6.65. The largest absolute Gasteiger partial charge is 0.341 e. The topological polar surface area (TPSA) is 49.4 Å². The van der Waals surface area contributed by atoms with E-state index in [0.717, 1.165) is 49.9 Å². The average Bonchev–Trinajstić information content (AvgIpc) is 2.93. The number of hydrogen-bond acceptors (Lipinski definition) is 2. The minimum atomic E-state index is -0.525. The van der Waals surface area contributed by atoms with Gasteiger partial charge in [0.05, 0.1) is 0 Å². The molecule has 0 aliphatic carbocycles. The number of unbranched alkanes of at least 4 members (excludes halogenated alkanes) is 8. The fourth-order valence-corrected chi connectivity index (χ4v) is 4.00. The first-order valence-corrected chi connectivity index (χ1v) is 11.3. The van der Waals surface area contributed by atoms with Gasteiger partial charge >= 0.3 is 0 Å². The summed E-state index contributed by atoms with van der Waals surface area (Å²) in [5.41, 5.74) is 3.19. The quantitative estimate of drug-likeness (QED) is 0.442. The molecule has 1 N–H and O–H groups in total. The Morgan fingerprint density at radius 3 is 2.25 bits per heavy atom. The first-order chi connectivity index (χ1) is 13.6. The van der Waals surface area contributed by atoms with Gasteiger partial charge in [0.15, 0.2) is 0 Å². The number of carbonyl (C=O) groups is 2. The van der Waals surface area contributed by atoms with Gasteiger partial charge in [0.2, 0.25) is 5.91 Å². The highest BCUT2D eigenvalue weighted by molar-refractivity contribution is 6.06. The van der Waals surface area contributed by atoms with Crippen molar-refractivity contribution in [2.75, 3.05) is 11.4 Å². The van der Waals surface area contributed by atoms with Crippen LogP contribution in [0.5, 0.6) is 0 Å². The molecule has 1 heterocycles. The third kappa shape index (κ3) is 6.35. The molecule has 4 heteroatoms. The Morgan fingerprint density at radius 1 is 0.964 bits per heavy atom. The standard InChI is InChI=1S/C24H38N2O2/c1-4-6-8-9-10-11-12-13-17-26-22-16-15-20(14-7-5-2)18-21(22)23(24(26)28)25-19(3)27/h15-16,18,23H,4-14,17H2,1-3H3,(H,25,27). The third-order valence-electron chi connectivity index (χ3n) is 5.61. The van der Waals surface area contributed by atoms with Gasteiger partial charge in [-0.1, -0.05) is 77.3 Å². The van der Waals surface area contributed by atoms with Crippen LogP contribution in [0.2, 0.25) is 0 Å². The van der Waals surface area contributed by atoms with E-state index in [1.165, 1.54) is 51.0 Å². The molecule has 1 atom stereocenters. The molecule has 1 aromatic rings. The van der Waals surface area contributed by atoms with Crippen LogP contribution in [0, 0.1) is 0 Å². The second-order valence-corrected chi connectivity index (χ2v) is 8.10. The Kier molecular flexibility index (Phi) is 9.52. The number of anilines is 1. The molecule has 28 heavy (non-hydrogen) atoms. The van der Waals surface area contributed by atoms with E-state index in [9.17, 15) is 9.59 Å². The van der Waals surface area contributed by atoms with Crippen molar-refractivity contribution in [1.82, 2.24) is 5.32 Å². The van der Waals surface area contributed by atoms with E-state index in [0.29, 0.717) is 0 Å². The van der Waals surface area contributed by atoms with Gasteiger partial charge in [-0.2, -0.15) is 0 Å². The summed E-state index contributed by atoms with van der Waals surface area (Å²) in [6, 6.07) is 5.81. The number of rotatable bonds is 13. The summed E-state index contributed by atoms with van der Waals surface area (Å²) in [6.07, 6.45) is 13.3. The van der Waals surface area contributed by atoms with E-state index in [2.05, 4.69) is 37.4 Å². The molecular weight excluding hydrogens is 348 g/mol. The van der Waals surface area contributed by atoms with Gasteiger partial charge in [-0.05, 0) is 30.9 Å². The van der Waals surface area contributed by atoms with Crippen molar-refractivity contribution in [2.45, 2.75) is 97.4 Å². The Balaban J connectivity index is 1.96. The molecule has 4 nitrogen and oxygen atoms in total. The van der Waals surface area contributed by atoms with Crippen LogP contribution in [-0.4, -0.2) is 18.4 Å². The van der Waals surface area contributed by atoms with Crippen molar-refractivity contribution in [2.24, 2.45) is 0 Å². The van der Waals surface area contributed by atoms with Crippen molar-refractivity contribution in [3.8, 4) is 0 Å². The minimum absolute atomic E-state index is 0.0146. The summed E-state index contributed by atoms with van der Waals surface area (Å²) < 4.78 is 0. The molecule has 0 saturated heterocycles. The Hall–Kier alpha value is -1.84. The highest BCUT2D eigenvalue weighted by Crippen LogP contribution is 2.37. The van der Waals surface area contributed by atoms with Gasteiger partial charge in [0.1, 0.15) is 6.04 Å². The summed E-state index contributed by atoms with van der Waals surface area (Å²) in [5.74, 6) is -0.141. The fourth-order valence-electron chi connectivity index (χ4n) is 4.00. The van der Waals surface area contributed by atoms with Crippen LogP contribution in [0.1, 0.15) is 102 Å². The smallest absolute Gasteiger partial charge is 0.254 e. The summed E-state index contributed by atoms with van der Waals surface area (Å²) >= 11 is 0. The van der Waals surface area contributed by atoms with Crippen molar-refractivity contribution in [1.29, 1.82) is 0 Å². The molecule has 1 aromatic carbocycles. The molecule has 156 valence electrons. The van der Waals surface area contributed by atoms with E-state index in [1.54, 1.807) is 0 Å². The molecule has 0 spiro atoms. The van der Waals surface area contributed by atoms with Gasteiger partial charge in [0.25, 0.3) is 5.91 Å². The van der Waals surface area contributed by atoms with Crippen LogP contribution < -0.4 is 10.2 Å². The maximum atomic E-state index is 13.0. The molecule has 2 amide bonds. The van der Waals surface area contributed by atoms with Gasteiger partial charge in [-0.15, -0.1) is 0 Å². The first-order valence-electron chi connectivity index (χ1n) is 11.3. The first kappa shape index (κ1) is 22.4. The maximum absolute atomic E-state index is 13.0. The van der Waals surface area contributed by atoms with E-state index < -0.39 is 6.04 Å². The molecular formula is C24H38N2O2. The van der Waals surface area contributed by atoms with Crippen LogP contribution in [0.4, 0.5) is 5.69 Å². The molecule has 1 aliphatic rings. The summed E-state index contributed by atoms with van der Waals surface area (Å²) in [7, 11) is 0. The lowest BCUT2D eigenvalue weighted by Crippen LogP contribution is -2.37. The number of fused-ring (bicyclic) bond motifs is 1. The minimum Gasteiger partial charge on any atom is -0.341 e. The second-order valence-electron chi connectivity index (χ2n) is 8.10. The number of nitrogens with one attached hydrogen (secondary N) is 1. The van der Waals surface area contributed by atoms with E-state index in [4.69, 9.17) is 0 Å². The second kappa shape index (κ2) is 11.9. The molecule has 0 aromatic heterocycles. The van der Waals surface area contributed by atoms with Gasteiger partial charge in [-0.25, -0.2) is 0 Å². The highest BCUT2D eigenvalue weighted by atomic mass is 16.2. The van der Waals surface area contributed by atoms with Crippen molar-refractivity contribution in [3.05, 3.63) is 29.3 Å². The van der Waals surface area contributed by atoms with E-state index in [-0.39, 0.29) is 11.8 Å². The predicted molar refractivity (Wildman–Crippen MR) is 117 cm³/mol. The lowest BCUT2D eigenvalue weighted by molar-refractivity contribution is -0.126. The molecule has 0 saturated carbocycles. The Labute approximate surface area is 171 Å². The highest BCUT2D eigenvalue weighted by Gasteiger charge is 2.37. The SMILES string of the molecule is CCCCCCCCCCN1C(=O)C(NC(C)=O)c2cc(CCCC)ccc21. The monoisotopic (exact) mass is 386 g/mol. The van der Waals surface area contributed by atoms with Crippen LogP contribution in [0.3, 0.4) is 0 Å². The van der Waals surface area contributed by atoms with Crippen LogP contribution >= 0.6 is 0 Å². The van der Waals surface area contributed by atoms with Gasteiger partial charge in [0, 0.05) is 24.7 Å². The van der Waals surface area contributed by atoms with Gasteiger partial charge < -0.3 is 10.2 Å². The number of benzene rings is 1. The van der Waals surface area contributed by atoms with E-state index in [1.807, 2.05) is 4.90 Å². The zero-order valence-electron chi connectivity index (χ0n) is 18.1. The van der Waals surface area contributed by atoms with Crippen LogP contribution in [-0.2, 0) is 16.0 Å². The van der Waals surface area contributed by atoms with Crippen molar-refractivity contribution < 1.29 is 9.59 Å². The zero-order chi connectivity index (χ0) is 20.4. The van der Waals surface area contributed by atoms with Gasteiger partial charge in [-0.3, -0.25) is 9.59 Å². The number of hydrogen-bond donors (Lipinski definition) is 1. The number of nitrogens with zero attached hydrogens (tertiary/aromatic N) is 1. The third-order valence-corrected chi connectivity index (χ3v) is 5.61. The fraction of sp³-hybridized carbons (Fsp3) is 0.667.